The maximum atomic E-state index is 2.72. The minimum absolute atomic E-state index is 0.824. The lowest BCUT2D eigenvalue weighted by Crippen LogP contribution is -2.41. The van der Waals surface area contributed by atoms with E-state index in [2.05, 4.69) is 32.6 Å². The summed E-state index contributed by atoms with van der Waals surface area (Å²) < 4.78 is 0. The Bertz CT molecular complexity index is 119. The summed E-state index contributed by atoms with van der Waals surface area (Å²) in [6.07, 6.45) is 5.42. The Morgan fingerprint density at radius 3 is 1.83 bits per heavy atom. The van der Waals surface area contributed by atoms with Crippen molar-refractivity contribution < 1.29 is 0 Å². The van der Waals surface area contributed by atoms with E-state index < -0.39 is 0 Å². The van der Waals surface area contributed by atoms with E-state index in [0.29, 0.717) is 0 Å². The van der Waals surface area contributed by atoms with Crippen LogP contribution in [-0.4, -0.2) is 23.0 Å². The van der Waals surface area contributed by atoms with Gasteiger partial charge in [0.25, 0.3) is 0 Å². The molecule has 1 aliphatic heterocycles. The minimum atomic E-state index is 0.824. The second kappa shape index (κ2) is 4.27. The summed E-state index contributed by atoms with van der Waals surface area (Å²) in [6, 6.07) is 2.48. The number of rotatable bonds is 3. The van der Waals surface area contributed by atoms with Crippen molar-refractivity contribution in [1.29, 1.82) is 0 Å². The van der Waals surface area contributed by atoms with Gasteiger partial charge in [-0.3, -0.25) is 4.90 Å². The van der Waals surface area contributed by atoms with Gasteiger partial charge in [-0.1, -0.05) is 13.8 Å². The molecule has 12 heavy (non-hydrogen) atoms. The molecule has 1 rings (SSSR count). The highest BCUT2D eigenvalue weighted by molar-refractivity contribution is 4.86. The third kappa shape index (κ3) is 1.82. The predicted molar refractivity (Wildman–Crippen MR) is 54.4 cm³/mol. The van der Waals surface area contributed by atoms with E-state index in [1.165, 1.54) is 25.7 Å². The molecule has 1 nitrogen and oxygen atoms in total. The summed E-state index contributed by atoms with van der Waals surface area (Å²) in [4.78, 5) is 2.72. The molecule has 2 unspecified atom stereocenters. The molecule has 0 saturated carbocycles. The van der Waals surface area contributed by atoms with E-state index in [-0.39, 0.29) is 0 Å². The lowest BCUT2D eigenvalue weighted by molar-refractivity contribution is 0.137. The van der Waals surface area contributed by atoms with Gasteiger partial charge >= 0.3 is 0 Å². The van der Waals surface area contributed by atoms with Crippen LogP contribution in [0, 0.1) is 0 Å². The van der Waals surface area contributed by atoms with Crippen LogP contribution < -0.4 is 0 Å². The molecule has 0 radical (unpaired) electrons. The molecule has 0 bridgehead atoms. The Labute approximate surface area is 77.1 Å². The van der Waals surface area contributed by atoms with Gasteiger partial charge in [-0.25, -0.2) is 0 Å². The molecule has 72 valence electrons. The number of nitrogens with zero attached hydrogens (tertiary/aromatic N) is 1. The van der Waals surface area contributed by atoms with Crippen LogP contribution in [0.1, 0.15) is 53.4 Å². The first kappa shape index (κ1) is 10.0. The van der Waals surface area contributed by atoms with Gasteiger partial charge in [-0.05, 0) is 39.5 Å². The first-order valence-corrected chi connectivity index (χ1v) is 5.48. The predicted octanol–water partition coefficient (Wildman–Crippen LogP) is 3.05. The quantitative estimate of drug-likeness (QED) is 0.627. The second-order valence-corrected chi connectivity index (χ2v) is 4.19. The molecule has 1 heteroatoms. The molecule has 2 atom stereocenters. The molecule has 0 amide bonds. The van der Waals surface area contributed by atoms with Gasteiger partial charge in [0.2, 0.25) is 0 Å². The van der Waals surface area contributed by atoms with E-state index in [9.17, 15) is 0 Å². The molecule has 1 fully saturated rings. The fourth-order valence-corrected chi connectivity index (χ4v) is 2.65. The highest BCUT2D eigenvalue weighted by atomic mass is 15.2. The van der Waals surface area contributed by atoms with Gasteiger partial charge in [-0.2, -0.15) is 0 Å². The fourth-order valence-electron chi connectivity index (χ4n) is 2.65. The summed E-state index contributed by atoms with van der Waals surface area (Å²) in [6.45, 7) is 9.38. The van der Waals surface area contributed by atoms with Gasteiger partial charge in [0.15, 0.2) is 0 Å². The minimum Gasteiger partial charge on any atom is -0.295 e. The summed E-state index contributed by atoms with van der Waals surface area (Å²) >= 11 is 0. The molecule has 1 aliphatic rings. The van der Waals surface area contributed by atoms with Crippen molar-refractivity contribution in [2.75, 3.05) is 0 Å². The Balaban J connectivity index is 2.57. The zero-order valence-electron chi connectivity index (χ0n) is 9.01. The highest BCUT2D eigenvalue weighted by Gasteiger charge is 2.31. The van der Waals surface area contributed by atoms with Crippen molar-refractivity contribution in [2.45, 2.75) is 71.5 Å². The van der Waals surface area contributed by atoms with Crippen molar-refractivity contribution in [3.8, 4) is 0 Å². The lowest BCUT2D eigenvalue weighted by atomic mass is 10.1. The van der Waals surface area contributed by atoms with E-state index >= 15 is 0 Å². The third-order valence-corrected chi connectivity index (χ3v) is 3.38. The van der Waals surface area contributed by atoms with Crippen LogP contribution in [0.4, 0.5) is 0 Å². The standard InChI is InChI=1S/C11H23N/c1-5-11(6-2)12-9(3)7-8-10(12)4/h9-11H,5-8H2,1-4H3. The monoisotopic (exact) mass is 169 g/mol. The van der Waals surface area contributed by atoms with Crippen molar-refractivity contribution >= 4 is 0 Å². The van der Waals surface area contributed by atoms with E-state index in [4.69, 9.17) is 0 Å². The SMILES string of the molecule is CCC(CC)N1C(C)CCC1C. The fraction of sp³-hybridized carbons (Fsp3) is 1.00. The van der Waals surface area contributed by atoms with Crippen LogP contribution in [0.3, 0.4) is 0 Å². The van der Waals surface area contributed by atoms with Gasteiger partial charge in [0, 0.05) is 18.1 Å². The summed E-state index contributed by atoms with van der Waals surface area (Å²) in [5.74, 6) is 0. The van der Waals surface area contributed by atoms with Crippen molar-refractivity contribution in [3.63, 3.8) is 0 Å². The van der Waals surface area contributed by atoms with Gasteiger partial charge in [0.1, 0.15) is 0 Å². The van der Waals surface area contributed by atoms with E-state index in [1.54, 1.807) is 0 Å². The van der Waals surface area contributed by atoms with Gasteiger partial charge in [-0.15, -0.1) is 0 Å². The molecule has 1 saturated heterocycles. The summed E-state index contributed by atoms with van der Waals surface area (Å²) in [5.41, 5.74) is 0. The summed E-state index contributed by atoms with van der Waals surface area (Å²) in [5, 5.41) is 0. The molecule has 0 N–H and O–H groups in total. The first-order chi connectivity index (χ1) is 5.70. The highest BCUT2D eigenvalue weighted by Crippen LogP contribution is 2.28. The Hall–Kier alpha value is -0.0400. The third-order valence-electron chi connectivity index (χ3n) is 3.38. The first-order valence-electron chi connectivity index (χ1n) is 5.48. The Kier molecular flexibility index (Phi) is 3.57. The largest absolute Gasteiger partial charge is 0.295 e. The average Bonchev–Trinajstić information content (AvgIpc) is 2.38. The Morgan fingerprint density at radius 2 is 1.50 bits per heavy atom. The van der Waals surface area contributed by atoms with Crippen molar-refractivity contribution in [2.24, 2.45) is 0 Å². The molecular weight excluding hydrogens is 146 g/mol. The van der Waals surface area contributed by atoms with E-state index in [0.717, 1.165) is 18.1 Å². The lowest BCUT2D eigenvalue weighted by Gasteiger charge is -2.33. The van der Waals surface area contributed by atoms with Gasteiger partial charge < -0.3 is 0 Å². The van der Waals surface area contributed by atoms with Crippen molar-refractivity contribution in [3.05, 3.63) is 0 Å². The van der Waals surface area contributed by atoms with Crippen LogP contribution in [0.15, 0.2) is 0 Å². The molecule has 0 aliphatic carbocycles. The van der Waals surface area contributed by atoms with E-state index in [1.807, 2.05) is 0 Å². The average molecular weight is 169 g/mol. The zero-order chi connectivity index (χ0) is 9.14. The second-order valence-electron chi connectivity index (χ2n) is 4.19. The number of likely N-dealkylation sites (tertiary alicyclic amines) is 1. The molecular formula is C11H23N. The summed E-state index contributed by atoms with van der Waals surface area (Å²) in [7, 11) is 0. The van der Waals surface area contributed by atoms with Crippen LogP contribution in [0.25, 0.3) is 0 Å². The number of hydrogen-bond donors (Lipinski definition) is 0. The topological polar surface area (TPSA) is 3.24 Å². The normalized spacial score (nSPS) is 31.8. The molecule has 0 aromatic carbocycles. The number of hydrogen-bond acceptors (Lipinski definition) is 1. The van der Waals surface area contributed by atoms with Crippen LogP contribution in [0.2, 0.25) is 0 Å². The van der Waals surface area contributed by atoms with Crippen LogP contribution >= 0.6 is 0 Å². The smallest absolute Gasteiger partial charge is 0.00956 e. The molecule has 1 heterocycles. The molecule has 0 aromatic rings. The maximum absolute atomic E-state index is 2.72. The van der Waals surface area contributed by atoms with Gasteiger partial charge in [0.05, 0.1) is 0 Å². The molecule has 0 spiro atoms. The Morgan fingerprint density at radius 1 is 1.08 bits per heavy atom. The van der Waals surface area contributed by atoms with Crippen LogP contribution in [0.5, 0.6) is 0 Å². The molecule has 0 aromatic heterocycles. The maximum Gasteiger partial charge on any atom is 0.00956 e. The van der Waals surface area contributed by atoms with Crippen LogP contribution in [-0.2, 0) is 0 Å². The van der Waals surface area contributed by atoms with Crippen molar-refractivity contribution in [1.82, 2.24) is 4.90 Å². The zero-order valence-corrected chi connectivity index (χ0v) is 9.01.